The van der Waals surface area contributed by atoms with Crippen molar-refractivity contribution >= 4 is 5.96 Å². The topological polar surface area (TPSA) is 49.3 Å². The zero-order valence-electron chi connectivity index (χ0n) is 18.5. The maximum absolute atomic E-state index is 5.97. The number of methoxy groups -OCH3 is 1. The quantitative estimate of drug-likeness (QED) is 0.225. The molecule has 6 heteroatoms. The average Bonchev–Trinajstić information content (AvgIpc) is 2.69. The molecule has 1 saturated heterocycles. The summed E-state index contributed by atoms with van der Waals surface area (Å²) in [5.41, 5.74) is 0. The number of aliphatic imine (C=N–C) groups is 1. The van der Waals surface area contributed by atoms with E-state index in [0.29, 0.717) is 18.1 Å². The van der Waals surface area contributed by atoms with Gasteiger partial charge in [-0.1, -0.05) is 26.0 Å². The van der Waals surface area contributed by atoms with E-state index in [-0.39, 0.29) is 0 Å². The van der Waals surface area contributed by atoms with Gasteiger partial charge in [0.05, 0.1) is 6.10 Å². The number of piperidine rings is 1. The summed E-state index contributed by atoms with van der Waals surface area (Å²) >= 11 is 0. The Morgan fingerprint density at radius 1 is 1.21 bits per heavy atom. The van der Waals surface area contributed by atoms with E-state index in [1.165, 1.54) is 0 Å². The van der Waals surface area contributed by atoms with E-state index in [4.69, 9.17) is 9.47 Å². The van der Waals surface area contributed by atoms with Crippen LogP contribution in [0.4, 0.5) is 0 Å². The lowest BCUT2D eigenvalue weighted by Gasteiger charge is -2.37. The smallest absolute Gasteiger partial charge is 0.193 e. The third-order valence-electron chi connectivity index (χ3n) is 5.23. The Morgan fingerprint density at radius 2 is 1.86 bits per heavy atom. The van der Waals surface area contributed by atoms with Gasteiger partial charge >= 0.3 is 0 Å². The van der Waals surface area contributed by atoms with E-state index in [1.54, 1.807) is 7.11 Å². The Hall–Kier alpha value is -1.37. The molecule has 28 heavy (non-hydrogen) atoms. The fraction of sp³-hybridized carbons (Fsp3) is 0.773. The van der Waals surface area contributed by atoms with Crippen molar-refractivity contribution in [2.75, 3.05) is 60.1 Å². The lowest BCUT2D eigenvalue weighted by Crippen LogP contribution is -2.52. The van der Waals surface area contributed by atoms with Crippen molar-refractivity contribution in [3.05, 3.63) is 25.3 Å². The van der Waals surface area contributed by atoms with Gasteiger partial charge in [0.2, 0.25) is 0 Å². The molecule has 0 spiro atoms. The predicted octanol–water partition coefficient (Wildman–Crippen LogP) is 2.78. The molecule has 1 heterocycles. The Balaban J connectivity index is 2.50. The van der Waals surface area contributed by atoms with Crippen LogP contribution in [0.3, 0.4) is 0 Å². The highest BCUT2D eigenvalue weighted by molar-refractivity contribution is 5.80. The number of likely N-dealkylation sites (tertiary alicyclic amines) is 1. The van der Waals surface area contributed by atoms with Crippen LogP contribution in [0.5, 0.6) is 0 Å². The SMILES string of the molecule is C=CCN(CC=C)C(CNC(=NC)N1CCC(OCCCOC)CC1)C(C)C. The minimum absolute atomic E-state index is 0.352. The molecule has 0 saturated carbocycles. The summed E-state index contributed by atoms with van der Waals surface area (Å²) in [6.45, 7) is 18.4. The van der Waals surface area contributed by atoms with Crippen LogP contribution >= 0.6 is 0 Å². The van der Waals surface area contributed by atoms with E-state index >= 15 is 0 Å². The standard InChI is InChI=1S/C22H42N4O2/c1-7-12-25(13-8-2)21(19(3)4)18-24-22(23-5)26-14-10-20(11-15-26)28-17-9-16-27-6/h7-8,19-21H,1-2,9-18H2,3-6H3,(H,23,24). The van der Waals surface area contributed by atoms with Gasteiger partial charge in [0, 0.05) is 66.1 Å². The van der Waals surface area contributed by atoms with E-state index in [9.17, 15) is 0 Å². The second-order valence-corrected chi connectivity index (χ2v) is 7.67. The van der Waals surface area contributed by atoms with Crippen LogP contribution in [0.15, 0.2) is 30.3 Å². The van der Waals surface area contributed by atoms with Crippen LogP contribution in [0.1, 0.15) is 33.1 Å². The average molecular weight is 395 g/mol. The van der Waals surface area contributed by atoms with Crippen LogP contribution in [0.25, 0.3) is 0 Å². The highest BCUT2D eigenvalue weighted by Crippen LogP contribution is 2.15. The molecule has 0 amide bonds. The van der Waals surface area contributed by atoms with Crippen LogP contribution in [-0.2, 0) is 9.47 Å². The molecule has 0 bridgehead atoms. The fourth-order valence-corrected chi connectivity index (χ4v) is 3.68. The summed E-state index contributed by atoms with van der Waals surface area (Å²) in [5, 5.41) is 3.60. The number of ether oxygens (including phenoxy) is 2. The second kappa shape index (κ2) is 14.6. The van der Waals surface area contributed by atoms with Gasteiger partial charge in [-0.3, -0.25) is 9.89 Å². The van der Waals surface area contributed by atoms with Gasteiger partial charge in [0.15, 0.2) is 5.96 Å². The van der Waals surface area contributed by atoms with Crippen LogP contribution in [-0.4, -0.2) is 88.0 Å². The van der Waals surface area contributed by atoms with E-state index < -0.39 is 0 Å². The molecule has 6 nitrogen and oxygen atoms in total. The molecule has 0 aromatic rings. The minimum atomic E-state index is 0.352. The number of hydrogen-bond donors (Lipinski definition) is 1. The lowest BCUT2D eigenvalue weighted by atomic mass is 10.0. The van der Waals surface area contributed by atoms with E-state index in [2.05, 4.69) is 47.1 Å². The predicted molar refractivity (Wildman–Crippen MR) is 119 cm³/mol. The van der Waals surface area contributed by atoms with E-state index in [1.807, 2.05) is 19.2 Å². The first-order valence-corrected chi connectivity index (χ1v) is 10.6. The van der Waals surface area contributed by atoms with Crippen molar-refractivity contribution in [2.45, 2.75) is 45.3 Å². The molecule has 0 aliphatic carbocycles. The van der Waals surface area contributed by atoms with Crippen LogP contribution in [0, 0.1) is 5.92 Å². The van der Waals surface area contributed by atoms with Crippen molar-refractivity contribution in [1.82, 2.24) is 15.1 Å². The number of nitrogens with one attached hydrogen (secondary N) is 1. The number of rotatable bonds is 13. The van der Waals surface area contributed by atoms with Crippen LogP contribution < -0.4 is 5.32 Å². The largest absolute Gasteiger partial charge is 0.385 e. The van der Waals surface area contributed by atoms with Crippen molar-refractivity contribution in [2.24, 2.45) is 10.9 Å². The van der Waals surface area contributed by atoms with Gasteiger partial charge in [-0.05, 0) is 25.2 Å². The summed E-state index contributed by atoms with van der Waals surface area (Å²) in [4.78, 5) is 9.27. The number of nitrogens with zero attached hydrogens (tertiary/aromatic N) is 3. The summed E-state index contributed by atoms with van der Waals surface area (Å²) < 4.78 is 11.0. The first-order valence-electron chi connectivity index (χ1n) is 10.6. The van der Waals surface area contributed by atoms with Crippen LogP contribution in [0.2, 0.25) is 0 Å². The molecular formula is C22H42N4O2. The highest BCUT2D eigenvalue weighted by Gasteiger charge is 2.24. The summed E-state index contributed by atoms with van der Waals surface area (Å²) in [6.07, 6.45) is 7.32. The first kappa shape index (κ1) is 24.7. The number of guanidine groups is 1. The van der Waals surface area contributed by atoms with Gasteiger partial charge in [-0.15, -0.1) is 13.2 Å². The molecule has 1 atom stereocenters. The van der Waals surface area contributed by atoms with Gasteiger partial charge in [0.1, 0.15) is 0 Å². The summed E-state index contributed by atoms with van der Waals surface area (Å²) in [6, 6.07) is 0.398. The highest BCUT2D eigenvalue weighted by atomic mass is 16.5. The molecule has 1 rings (SSSR count). The molecule has 1 N–H and O–H groups in total. The Kier molecular flexibility index (Phi) is 12.9. The normalized spacial score (nSPS) is 17.2. The zero-order valence-corrected chi connectivity index (χ0v) is 18.5. The second-order valence-electron chi connectivity index (χ2n) is 7.67. The molecule has 1 aliphatic heterocycles. The van der Waals surface area contributed by atoms with Crippen molar-refractivity contribution in [3.8, 4) is 0 Å². The van der Waals surface area contributed by atoms with Gasteiger partial charge in [0.25, 0.3) is 0 Å². The third kappa shape index (κ3) is 8.76. The monoisotopic (exact) mass is 394 g/mol. The Labute approximate surface area is 172 Å². The molecule has 1 fully saturated rings. The Morgan fingerprint density at radius 3 is 2.36 bits per heavy atom. The maximum atomic E-state index is 5.97. The van der Waals surface area contributed by atoms with Crippen molar-refractivity contribution in [1.29, 1.82) is 0 Å². The molecular weight excluding hydrogens is 352 g/mol. The van der Waals surface area contributed by atoms with E-state index in [0.717, 1.165) is 71.2 Å². The minimum Gasteiger partial charge on any atom is -0.385 e. The Bertz CT molecular complexity index is 449. The first-order chi connectivity index (χ1) is 13.6. The van der Waals surface area contributed by atoms with Crippen molar-refractivity contribution < 1.29 is 9.47 Å². The van der Waals surface area contributed by atoms with Gasteiger partial charge in [-0.2, -0.15) is 0 Å². The van der Waals surface area contributed by atoms with Crippen molar-refractivity contribution in [3.63, 3.8) is 0 Å². The summed E-state index contributed by atoms with van der Waals surface area (Å²) in [5.74, 6) is 1.51. The summed E-state index contributed by atoms with van der Waals surface area (Å²) in [7, 11) is 3.60. The molecule has 162 valence electrons. The number of hydrogen-bond acceptors (Lipinski definition) is 4. The fourth-order valence-electron chi connectivity index (χ4n) is 3.68. The molecule has 0 aromatic carbocycles. The molecule has 0 aromatic heterocycles. The molecule has 1 unspecified atom stereocenters. The molecule has 0 radical (unpaired) electrons. The van der Waals surface area contributed by atoms with Gasteiger partial charge < -0.3 is 19.7 Å². The van der Waals surface area contributed by atoms with Gasteiger partial charge in [-0.25, -0.2) is 0 Å². The third-order valence-corrected chi connectivity index (χ3v) is 5.23. The maximum Gasteiger partial charge on any atom is 0.193 e. The molecule has 1 aliphatic rings. The zero-order chi connectivity index (χ0) is 20.8. The lowest BCUT2D eigenvalue weighted by molar-refractivity contribution is 0.00984.